The Bertz CT molecular complexity index is 753. The van der Waals surface area contributed by atoms with Gasteiger partial charge in [-0.2, -0.15) is 0 Å². The molecule has 3 rings (SSSR count). The Kier molecular flexibility index (Phi) is 4.03. The van der Waals surface area contributed by atoms with Crippen molar-refractivity contribution in [3.63, 3.8) is 0 Å². The summed E-state index contributed by atoms with van der Waals surface area (Å²) in [5.74, 6) is 0. The highest BCUT2D eigenvalue weighted by molar-refractivity contribution is 5.85. The first-order chi connectivity index (χ1) is 10.2. The van der Waals surface area contributed by atoms with Crippen LogP contribution in [0.25, 0.3) is 10.8 Å². The summed E-state index contributed by atoms with van der Waals surface area (Å²) >= 11 is 0. The normalized spacial score (nSPS) is 11.0. The zero-order chi connectivity index (χ0) is 14.7. The van der Waals surface area contributed by atoms with E-state index >= 15 is 0 Å². The molecule has 0 aliphatic carbocycles. The Morgan fingerprint density at radius 2 is 1.57 bits per heavy atom. The first kappa shape index (κ1) is 13.8. The minimum absolute atomic E-state index is 0.897. The predicted molar refractivity (Wildman–Crippen MR) is 90.4 cm³/mol. The zero-order valence-electron chi connectivity index (χ0n) is 12.7. The maximum absolute atomic E-state index is 3.56. The lowest BCUT2D eigenvalue weighted by molar-refractivity contribution is 0.696. The van der Waals surface area contributed by atoms with Crippen molar-refractivity contribution < 1.29 is 0 Å². The predicted octanol–water partition coefficient (Wildman–Crippen LogP) is 4.75. The smallest absolute Gasteiger partial charge is 0.0214 e. The molecule has 0 aliphatic rings. The Balaban J connectivity index is 1.70. The van der Waals surface area contributed by atoms with Crippen LogP contribution in [0.1, 0.15) is 22.3 Å². The van der Waals surface area contributed by atoms with E-state index in [1.807, 2.05) is 0 Å². The Morgan fingerprint density at radius 1 is 0.762 bits per heavy atom. The maximum Gasteiger partial charge on any atom is 0.0214 e. The van der Waals surface area contributed by atoms with Crippen LogP contribution in [0.4, 0.5) is 0 Å². The minimum Gasteiger partial charge on any atom is -0.309 e. The second kappa shape index (κ2) is 6.11. The van der Waals surface area contributed by atoms with Gasteiger partial charge < -0.3 is 5.32 Å². The highest BCUT2D eigenvalue weighted by Gasteiger charge is 2.01. The van der Waals surface area contributed by atoms with Crippen LogP contribution in [0.15, 0.2) is 60.7 Å². The van der Waals surface area contributed by atoms with Crippen LogP contribution in [-0.2, 0) is 13.1 Å². The number of nitrogens with one attached hydrogen (secondary N) is 1. The van der Waals surface area contributed by atoms with Crippen molar-refractivity contribution in [2.24, 2.45) is 0 Å². The number of hydrogen-bond donors (Lipinski definition) is 1. The summed E-state index contributed by atoms with van der Waals surface area (Å²) in [5.41, 5.74) is 5.42. The third-order valence-electron chi connectivity index (χ3n) is 4.10. The van der Waals surface area contributed by atoms with Gasteiger partial charge in [-0.1, -0.05) is 60.7 Å². The van der Waals surface area contributed by atoms with Gasteiger partial charge in [0.05, 0.1) is 0 Å². The molecular weight excluding hydrogens is 254 g/mol. The van der Waals surface area contributed by atoms with Crippen molar-refractivity contribution in [3.05, 3.63) is 82.9 Å². The molecule has 0 saturated carbocycles. The number of aryl methyl sites for hydroxylation is 2. The van der Waals surface area contributed by atoms with E-state index in [0.29, 0.717) is 0 Å². The van der Waals surface area contributed by atoms with Crippen molar-refractivity contribution in [2.75, 3.05) is 0 Å². The molecule has 1 nitrogen and oxygen atoms in total. The molecule has 21 heavy (non-hydrogen) atoms. The van der Waals surface area contributed by atoms with Gasteiger partial charge in [0.1, 0.15) is 0 Å². The lowest BCUT2D eigenvalue weighted by Gasteiger charge is -2.09. The maximum atomic E-state index is 3.56. The van der Waals surface area contributed by atoms with Crippen LogP contribution in [0.2, 0.25) is 0 Å². The van der Waals surface area contributed by atoms with Crippen LogP contribution in [0.5, 0.6) is 0 Å². The van der Waals surface area contributed by atoms with E-state index in [-0.39, 0.29) is 0 Å². The summed E-state index contributed by atoms with van der Waals surface area (Å²) in [6, 6.07) is 21.7. The van der Waals surface area contributed by atoms with Gasteiger partial charge in [0.2, 0.25) is 0 Å². The van der Waals surface area contributed by atoms with Gasteiger partial charge in [-0.3, -0.25) is 0 Å². The molecule has 0 unspecified atom stereocenters. The number of rotatable bonds is 4. The zero-order valence-corrected chi connectivity index (χ0v) is 12.7. The molecule has 1 N–H and O–H groups in total. The van der Waals surface area contributed by atoms with Crippen molar-refractivity contribution in [1.29, 1.82) is 0 Å². The van der Waals surface area contributed by atoms with Crippen LogP contribution in [0, 0.1) is 13.8 Å². The third-order valence-corrected chi connectivity index (χ3v) is 4.10. The molecule has 0 aromatic heterocycles. The van der Waals surface area contributed by atoms with Gasteiger partial charge in [-0.25, -0.2) is 0 Å². The van der Waals surface area contributed by atoms with E-state index < -0.39 is 0 Å². The van der Waals surface area contributed by atoms with E-state index in [1.54, 1.807) is 0 Å². The van der Waals surface area contributed by atoms with E-state index in [1.165, 1.54) is 33.0 Å². The average molecular weight is 275 g/mol. The fourth-order valence-corrected chi connectivity index (χ4v) is 2.70. The molecular formula is C20H21N. The van der Waals surface area contributed by atoms with E-state index in [0.717, 1.165) is 13.1 Å². The van der Waals surface area contributed by atoms with Crippen molar-refractivity contribution in [1.82, 2.24) is 5.32 Å². The molecule has 3 aromatic rings. The van der Waals surface area contributed by atoms with Gasteiger partial charge >= 0.3 is 0 Å². The summed E-state index contributed by atoms with van der Waals surface area (Å²) in [5, 5.41) is 6.21. The Hall–Kier alpha value is -2.12. The molecule has 0 heterocycles. The SMILES string of the molecule is Cc1ccc(CNCc2cccc3ccccc23)cc1C. The van der Waals surface area contributed by atoms with Crippen LogP contribution in [0.3, 0.4) is 0 Å². The molecule has 106 valence electrons. The highest BCUT2D eigenvalue weighted by Crippen LogP contribution is 2.18. The summed E-state index contributed by atoms with van der Waals surface area (Å²) in [6.45, 7) is 6.13. The van der Waals surface area contributed by atoms with Crippen molar-refractivity contribution >= 4 is 10.8 Å². The molecule has 0 aliphatic heterocycles. The van der Waals surface area contributed by atoms with Crippen LogP contribution >= 0.6 is 0 Å². The van der Waals surface area contributed by atoms with Gasteiger partial charge in [-0.05, 0) is 46.9 Å². The topological polar surface area (TPSA) is 12.0 Å². The monoisotopic (exact) mass is 275 g/mol. The molecule has 0 bridgehead atoms. The van der Waals surface area contributed by atoms with Gasteiger partial charge in [0.25, 0.3) is 0 Å². The fraction of sp³-hybridized carbons (Fsp3) is 0.200. The molecule has 0 radical (unpaired) electrons. The summed E-state index contributed by atoms with van der Waals surface area (Å²) < 4.78 is 0. The van der Waals surface area contributed by atoms with Crippen molar-refractivity contribution in [2.45, 2.75) is 26.9 Å². The average Bonchev–Trinajstić information content (AvgIpc) is 2.51. The quantitative estimate of drug-likeness (QED) is 0.724. The molecule has 3 aromatic carbocycles. The molecule has 0 spiro atoms. The molecule has 0 fully saturated rings. The minimum atomic E-state index is 0.897. The Labute approximate surface area is 126 Å². The van der Waals surface area contributed by atoms with Crippen LogP contribution in [-0.4, -0.2) is 0 Å². The number of benzene rings is 3. The lowest BCUT2D eigenvalue weighted by Crippen LogP contribution is -2.13. The second-order valence-electron chi connectivity index (χ2n) is 5.66. The largest absolute Gasteiger partial charge is 0.309 e. The highest BCUT2D eigenvalue weighted by atomic mass is 14.8. The molecule has 0 saturated heterocycles. The fourth-order valence-electron chi connectivity index (χ4n) is 2.70. The second-order valence-corrected chi connectivity index (χ2v) is 5.66. The standard InChI is InChI=1S/C20H21N/c1-15-10-11-17(12-16(15)2)13-21-14-19-8-5-7-18-6-3-4-9-20(18)19/h3-12,21H,13-14H2,1-2H3. The van der Waals surface area contributed by atoms with Gasteiger partial charge in [0.15, 0.2) is 0 Å². The van der Waals surface area contributed by atoms with Crippen LogP contribution < -0.4 is 5.32 Å². The van der Waals surface area contributed by atoms with Gasteiger partial charge in [-0.15, -0.1) is 0 Å². The first-order valence-corrected chi connectivity index (χ1v) is 7.47. The Morgan fingerprint density at radius 3 is 2.43 bits per heavy atom. The van der Waals surface area contributed by atoms with E-state index in [9.17, 15) is 0 Å². The summed E-state index contributed by atoms with van der Waals surface area (Å²) in [7, 11) is 0. The molecule has 0 atom stereocenters. The summed E-state index contributed by atoms with van der Waals surface area (Å²) in [4.78, 5) is 0. The number of fused-ring (bicyclic) bond motifs is 1. The van der Waals surface area contributed by atoms with Gasteiger partial charge in [0, 0.05) is 13.1 Å². The molecule has 1 heteroatoms. The molecule has 0 amide bonds. The third kappa shape index (κ3) is 3.14. The summed E-state index contributed by atoms with van der Waals surface area (Å²) in [6.07, 6.45) is 0. The van der Waals surface area contributed by atoms with E-state index in [4.69, 9.17) is 0 Å². The number of hydrogen-bond acceptors (Lipinski definition) is 1. The van der Waals surface area contributed by atoms with Crippen molar-refractivity contribution in [3.8, 4) is 0 Å². The lowest BCUT2D eigenvalue weighted by atomic mass is 10.0. The first-order valence-electron chi connectivity index (χ1n) is 7.47. The van der Waals surface area contributed by atoms with E-state index in [2.05, 4.69) is 79.8 Å².